The van der Waals surface area contributed by atoms with E-state index < -0.39 is 0 Å². The molecule has 108 valence electrons. The van der Waals surface area contributed by atoms with Crippen molar-refractivity contribution in [2.75, 3.05) is 16.5 Å². The minimum absolute atomic E-state index is 0.0434. The van der Waals surface area contributed by atoms with Crippen molar-refractivity contribution in [3.8, 4) is 0 Å². The van der Waals surface area contributed by atoms with Crippen LogP contribution in [0.1, 0.15) is 26.7 Å². The van der Waals surface area contributed by atoms with Crippen LogP contribution >= 0.6 is 11.8 Å². The highest BCUT2D eigenvalue weighted by Gasteiger charge is 2.29. The summed E-state index contributed by atoms with van der Waals surface area (Å²) < 4.78 is 0. The van der Waals surface area contributed by atoms with Crippen LogP contribution < -0.4 is 10.2 Å². The van der Waals surface area contributed by atoms with E-state index in [0.717, 1.165) is 5.69 Å². The van der Waals surface area contributed by atoms with E-state index >= 15 is 0 Å². The second-order valence-corrected chi connectivity index (χ2v) is 6.41. The number of hydrogen-bond donors (Lipinski definition) is 1. The summed E-state index contributed by atoms with van der Waals surface area (Å²) in [6, 6.07) is 7.35. The smallest absolute Gasteiger partial charge is 0.228 e. The van der Waals surface area contributed by atoms with Gasteiger partial charge in [-0.25, -0.2) is 0 Å². The summed E-state index contributed by atoms with van der Waals surface area (Å²) >= 11 is 1.68. The minimum atomic E-state index is -0.125. The van der Waals surface area contributed by atoms with Crippen LogP contribution in [0.2, 0.25) is 0 Å². The molecule has 2 rings (SSSR count). The number of benzene rings is 1. The molecule has 2 unspecified atom stereocenters. The van der Waals surface area contributed by atoms with Crippen molar-refractivity contribution in [1.82, 2.24) is 0 Å². The topological polar surface area (TPSA) is 49.4 Å². The summed E-state index contributed by atoms with van der Waals surface area (Å²) in [6.07, 6.45) is 2.81. The number of carbonyl (C=O) groups excluding carboxylic acids is 2. The number of carbonyl (C=O) groups is 2. The SMILES string of the molecule is CSC(C)CC(=O)N1c2ccccc2NC(=O)CC1C. The Balaban J connectivity index is 2.34. The fourth-order valence-corrected chi connectivity index (χ4v) is 2.70. The van der Waals surface area contributed by atoms with Gasteiger partial charge in [-0.05, 0) is 25.3 Å². The maximum absolute atomic E-state index is 12.6. The van der Waals surface area contributed by atoms with E-state index in [0.29, 0.717) is 18.5 Å². The molecule has 0 bridgehead atoms. The van der Waals surface area contributed by atoms with Gasteiger partial charge in [0, 0.05) is 24.1 Å². The Morgan fingerprint density at radius 2 is 2.20 bits per heavy atom. The van der Waals surface area contributed by atoms with E-state index in [2.05, 4.69) is 5.32 Å². The molecule has 4 nitrogen and oxygen atoms in total. The summed E-state index contributed by atoms with van der Waals surface area (Å²) in [5.41, 5.74) is 1.51. The lowest BCUT2D eigenvalue weighted by Gasteiger charge is -2.28. The third-order valence-electron chi connectivity index (χ3n) is 3.49. The molecule has 0 spiro atoms. The maximum Gasteiger partial charge on any atom is 0.228 e. The molecular formula is C15H20N2O2S. The number of amides is 2. The third-order valence-corrected chi connectivity index (χ3v) is 4.46. The van der Waals surface area contributed by atoms with E-state index in [1.54, 1.807) is 16.7 Å². The summed E-state index contributed by atoms with van der Waals surface area (Å²) in [5, 5.41) is 3.14. The largest absolute Gasteiger partial charge is 0.324 e. The zero-order valence-corrected chi connectivity index (χ0v) is 12.9. The van der Waals surface area contributed by atoms with E-state index in [9.17, 15) is 9.59 Å². The number of para-hydroxylation sites is 2. The highest BCUT2D eigenvalue weighted by molar-refractivity contribution is 7.99. The van der Waals surface area contributed by atoms with Gasteiger partial charge in [-0.3, -0.25) is 9.59 Å². The fourth-order valence-electron chi connectivity index (χ4n) is 2.40. The molecule has 1 aromatic carbocycles. The first kappa shape index (κ1) is 14.9. The number of nitrogens with zero attached hydrogens (tertiary/aromatic N) is 1. The molecule has 0 saturated heterocycles. The summed E-state index contributed by atoms with van der Waals surface area (Å²) in [5.74, 6) is 0.0291. The molecule has 1 aliphatic heterocycles. The summed E-state index contributed by atoms with van der Waals surface area (Å²) in [4.78, 5) is 26.2. The molecule has 2 amide bonds. The molecule has 1 aromatic rings. The first-order valence-corrected chi connectivity index (χ1v) is 8.05. The van der Waals surface area contributed by atoms with E-state index in [4.69, 9.17) is 0 Å². The van der Waals surface area contributed by atoms with Gasteiger partial charge in [-0.15, -0.1) is 0 Å². The van der Waals surface area contributed by atoms with Crippen LogP contribution in [-0.2, 0) is 9.59 Å². The molecule has 1 aliphatic rings. The van der Waals surface area contributed by atoms with Gasteiger partial charge < -0.3 is 10.2 Å². The standard InChI is InChI=1S/C15H20N2O2S/c1-10-8-14(18)16-12-6-4-5-7-13(12)17(10)15(19)9-11(2)20-3/h4-7,10-11H,8-9H2,1-3H3,(H,16,18). The van der Waals surface area contributed by atoms with Crippen molar-refractivity contribution in [1.29, 1.82) is 0 Å². The number of hydrogen-bond acceptors (Lipinski definition) is 3. The lowest BCUT2D eigenvalue weighted by atomic mass is 10.1. The average Bonchev–Trinajstić information content (AvgIpc) is 2.52. The molecular weight excluding hydrogens is 272 g/mol. The second-order valence-electron chi connectivity index (χ2n) is 5.13. The molecule has 0 aliphatic carbocycles. The quantitative estimate of drug-likeness (QED) is 0.932. The van der Waals surface area contributed by atoms with Crippen LogP contribution in [0, 0.1) is 0 Å². The fraction of sp³-hybridized carbons (Fsp3) is 0.467. The molecule has 5 heteroatoms. The van der Waals surface area contributed by atoms with Gasteiger partial charge in [0.1, 0.15) is 0 Å². The number of thioether (sulfide) groups is 1. The molecule has 0 aromatic heterocycles. The normalized spacial score (nSPS) is 19.9. The Labute approximate surface area is 123 Å². The van der Waals surface area contributed by atoms with Crippen molar-refractivity contribution in [3.05, 3.63) is 24.3 Å². The number of nitrogens with one attached hydrogen (secondary N) is 1. The molecule has 0 fully saturated rings. The van der Waals surface area contributed by atoms with Crippen molar-refractivity contribution in [3.63, 3.8) is 0 Å². The van der Waals surface area contributed by atoms with Crippen LogP contribution in [0.4, 0.5) is 11.4 Å². The predicted molar refractivity (Wildman–Crippen MR) is 84.2 cm³/mol. The van der Waals surface area contributed by atoms with Crippen LogP contribution in [0.3, 0.4) is 0 Å². The van der Waals surface area contributed by atoms with Crippen LogP contribution in [0.15, 0.2) is 24.3 Å². The molecule has 20 heavy (non-hydrogen) atoms. The van der Waals surface area contributed by atoms with Gasteiger partial charge in [-0.2, -0.15) is 11.8 Å². The third kappa shape index (κ3) is 3.15. The highest BCUT2D eigenvalue weighted by atomic mass is 32.2. The van der Waals surface area contributed by atoms with Crippen LogP contribution in [-0.4, -0.2) is 29.4 Å². The van der Waals surface area contributed by atoms with Gasteiger partial charge in [0.05, 0.1) is 11.4 Å². The van der Waals surface area contributed by atoms with Gasteiger partial charge in [0.25, 0.3) is 0 Å². The average molecular weight is 292 g/mol. The van der Waals surface area contributed by atoms with Crippen LogP contribution in [0.5, 0.6) is 0 Å². The van der Waals surface area contributed by atoms with Gasteiger partial charge >= 0.3 is 0 Å². The lowest BCUT2D eigenvalue weighted by Crippen LogP contribution is -2.40. The van der Waals surface area contributed by atoms with E-state index in [1.165, 1.54) is 0 Å². The van der Waals surface area contributed by atoms with Crippen molar-refractivity contribution in [2.24, 2.45) is 0 Å². The van der Waals surface area contributed by atoms with Crippen molar-refractivity contribution < 1.29 is 9.59 Å². The Hall–Kier alpha value is -1.49. The Morgan fingerprint density at radius 1 is 1.50 bits per heavy atom. The lowest BCUT2D eigenvalue weighted by molar-refractivity contribution is -0.119. The van der Waals surface area contributed by atoms with Crippen molar-refractivity contribution >= 4 is 35.0 Å². The van der Waals surface area contributed by atoms with Crippen LogP contribution in [0.25, 0.3) is 0 Å². The zero-order valence-electron chi connectivity index (χ0n) is 12.1. The number of rotatable bonds is 3. The highest BCUT2D eigenvalue weighted by Crippen LogP contribution is 2.32. The van der Waals surface area contributed by atoms with Gasteiger partial charge in [0.2, 0.25) is 11.8 Å². The summed E-state index contributed by atoms with van der Waals surface area (Å²) in [6.45, 7) is 3.96. The first-order valence-electron chi connectivity index (χ1n) is 6.76. The molecule has 0 saturated carbocycles. The van der Waals surface area contributed by atoms with E-state index in [-0.39, 0.29) is 23.1 Å². The maximum atomic E-state index is 12.6. The molecule has 1 heterocycles. The number of fused-ring (bicyclic) bond motifs is 1. The Kier molecular flexibility index (Phi) is 4.70. The van der Waals surface area contributed by atoms with E-state index in [1.807, 2.05) is 44.4 Å². The monoisotopic (exact) mass is 292 g/mol. The zero-order chi connectivity index (χ0) is 14.7. The Bertz CT molecular complexity index is 518. The molecule has 2 atom stereocenters. The number of anilines is 2. The molecule has 0 radical (unpaired) electrons. The van der Waals surface area contributed by atoms with Crippen molar-refractivity contribution in [2.45, 2.75) is 38.0 Å². The molecule has 1 N–H and O–H groups in total. The predicted octanol–water partition coefficient (Wildman–Crippen LogP) is 2.89. The second kappa shape index (κ2) is 6.31. The minimum Gasteiger partial charge on any atom is -0.324 e. The first-order chi connectivity index (χ1) is 9.52. The van der Waals surface area contributed by atoms with Gasteiger partial charge in [-0.1, -0.05) is 19.1 Å². The van der Waals surface area contributed by atoms with Gasteiger partial charge in [0.15, 0.2) is 0 Å². The Morgan fingerprint density at radius 3 is 2.90 bits per heavy atom. The summed E-state index contributed by atoms with van der Waals surface area (Å²) in [7, 11) is 0.